The van der Waals surface area contributed by atoms with E-state index in [1.165, 1.54) is 5.69 Å². The van der Waals surface area contributed by atoms with Gasteiger partial charge in [-0.25, -0.2) is 0 Å². The summed E-state index contributed by atoms with van der Waals surface area (Å²) in [6, 6.07) is 11.3. The summed E-state index contributed by atoms with van der Waals surface area (Å²) in [7, 11) is 2.14. The summed E-state index contributed by atoms with van der Waals surface area (Å²) in [5, 5.41) is 12.0. The first-order valence-corrected chi connectivity index (χ1v) is 11.0. The number of carbonyl (C=O) groups is 1. The third kappa shape index (κ3) is 5.90. The van der Waals surface area contributed by atoms with Crippen molar-refractivity contribution in [1.82, 2.24) is 4.90 Å². The molecule has 0 unspecified atom stereocenters. The number of carbonyl (C=O) groups excluding carboxylic acids is 1. The number of piperazine rings is 1. The Bertz CT molecular complexity index is 982. The molecule has 0 aliphatic carbocycles. The zero-order valence-corrected chi connectivity index (χ0v) is 19.7. The van der Waals surface area contributed by atoms with Gasteiger partial charge in [0.15, 0.2) is 18.1 Å². The summed E-state index contributed by atoms with van der Waals surface area (Å²) < 4.78 is 11.8. The molecule has 8 heteroatoms. The van der Waals surface area contributed by atoms with E-state index in [2.05, 4.69) is 57.2 Å². The molecule has 164 valence electrons. The number of rotatable bonds is 7. The predicted octanol–water partition coefficient (Wildman–Crippen LogP) is 3.80. The van der Waals surface area contributed by atoms with Crippen molar-refractivity contribution in [3.05, 3.63) is 45.9 Å². The SMILES string of the molecule is CCOc1cc(C#N)cc(Br)c1OCC(=O)Nc1ccc(N2CCN(C)CC2)c(C)c1. The maximum absolute atomic E-state index is 12.5. The van der Waals surface area contributed by atoms with Crippen molar-refractivity contribution in [2.75, 3.05) is 56.7 Å². The molecule has 31 heavy (non-hydrogen) atoms. The normalized spacial score (nSPS) is 14.1. The largest absolute Gasteiger partial charge is 0.490 e. The van der Waals surface area contributed by atoms with Crippen LogP contribution in [0.2, 0.25) is 0 Å². The van der Waals surface area contributed by atoms with Gasteiger partial charge in [0, 0.05) is 43.6 Å². The third-order valence-corrected chi connectivity index (χ3v) is 5.70. The zero-order valence-electron chi connectivity index (χ0n) is 18.1. The number of ether oxygens (including phenoxy) is 2. The monoisotopic (exact) mass is 486 g/mol. The number of anilines is 2. The number of aryl methyl sites for hydroxylation is 1. The highest BCUT2D eigenvalue weighted by Crippen LogP contribution is 2.36. The molecule has 0 radical (unpaired) electrons. The number of hydrogen-bond donors (Lipinski definition) is 1. The summed E-state index contributed by atoms with van der Waals surface area (Å²) in [4.78, 5) is 17.2. The van der Waals surface area contributed by atoms with Gasteiger partial charge in [-0.05, 0) is 66.7 Å². The fourth-order valence-corrected chi connectivity index (χ4v) is 4.06. The van der Waals surface area contributed by atoms with Crippen molar-refractivity contribution in [3.63, 3.8) is 0 Å². The van der Waals surface area contributed by atoms with E-state index in [4.69, 9.17) is 14.7 Å². The molecule has 1 aliphatic heterocycles. The molecule has 7 nitrogen and oxygen atoms in total. The molecule has 0 spiro atoms. The van der Waals surface area contributed by atoms with Crippen LogP contribution in [0.15, 0.2) is 34.8 Å². The molecule has 2 aromatic rings. The quantitative estimate of drug-likeness (QED) is 0.641. The summed E-state index contributed by atoms with van der Waals surface area (Å²) in [5.74, 6) is 0.552. The zero-order chi connectivity index (χ0) is 22.4. The molecule has 0 saturated carbocycles. The van der Waals surface area contributed by atoms with Crippen molar-refractivity contribution < 1.29 is 14.3 Å². The number of halogens is 1. The lowest BCUT2D eigenvalue weighted by Crippen LogP contribution is -2.44. The molecule has 1 amide bonds. The van der Waals surface area contributed by atoms with Gasteiger partial charge < -0.3 is 24.6 Å². The molecule has 3 rings (SSSR count). The summed E-state index contributed by atoms with van der Waals surface area (Å²) in [5.41, 5.74) is 3.50. The molecular formula is C23H27BrN4O3. The minimum absolute atomic E-state index is 0.177. The molecule has 0 aromatic heterocycles. The predicted molar refractivity (Wildman–Crippen MR) is 125 cm³/mol. The van der Waals surface area contributed by atoms with Gasteiger partial charge in [0.1, 0.15) is 0 Å². The number of nitrogens with zero attached hydrogens (tertiary/aromatic N) is 3. The van der Waals surface area contributed by atoms with Crippen LogP contribution in [-0.2, 0) is 4.79 Å². The number of nitrogens with one attached hydrogen (secondary N) is 1. The van der Waals surface area contributed by atoms with Crippen LogP contribution < -0.4 is 19.7 Å². The van der Waals surface area contributed by atoms with Crippen molar-refractivity contribution in [2.24, 2.45) is 0 Å². The minimum Gasteiger partial charge on any atom is -0.490 e. The summed E-state index contributed by atoms with van der Waals surface area (Å²) in [6.07, 6.45) is 0. The molecule has 1 heterocycles. The molecule has 1 saturated heterocycles. The van der Waals surface area contributed by atoms with Gasteiger partial charge in [0.25, 0.3) is 5.91 Å². The first kappa shape index (κ1) is 22.9. The lowest BCUT2D eigenvalue weighted by atomic mass is 10.1. The average Bonchev–Trinajstić information content (AvgIpc) is 2.74. The molecule has 1 aliphatic rings. The fourth-order valence-electron chi connectivity index (χ4n) is 3.51. The minimum atomic E-state index is -0.273. The van der Waals surface area contributed by atoms with E-state index in [1.54, 1.807) is 12.1 Å². The molecular weight excluding hydrogens is 460 g/mol. The number of nitriles is 1. The molecule has 0 bridgehead atoms. The van der Waals surface area contributed by atoms with Crippen LogP contribution >= 0.6 is 15.9 Å². The van der Waals surface area contributed by atoms with Gasteiger partial charge in [-0.15, -0.1) is 0 Å². The van der Waals surface area contributed by atoms with Gasteiger partial charge in [-0.1, -0.05) is 0 Å². The molecule has 1 fully saturated rings. The van der Waals surface area contributed by atoms with Crippen LogP contribution in [-0.4, -0.2) is 57.2 Å². The number of amides is 1. The van der Waals surface area contributed by atoms with E-state index in [1.807, 2.05) is 19.1 Å². The number of benzene rings is 2. The van der Waals surface area contributed by atoms with E-state index >= 15 is 0 Å². The van der Waals surface area contributed by atoms with Gasteiger partial charge in [0.05, 0.1) is 22.7 Å². The topological polar surface area (TPSA) is 77.8 Å². The summed E-state index contributed by atoms with van der Waals surface area (Å²) in [6.45, 7) is 8.23. The Labute approximate surface area is 191 Å². The van der Waals surface area contributed by atoms with Gasteiger partial charge in [-0.2, -0.15) is 5.26 Å². The van der Waals surface area contributed by atoms with Crippen LogP contribution in [0.4, 0.5) is 11.4 Å². The number of hydrogen-bond acceptors (Lipinski definition) is 6. The second-order valence-electron chi connectivity index (χ2n) is 7.46. The smallest absolute Gasteiger partial charge is 0.262 e. The van der Waals surface area contributed by atoms with Crippen LogP contribution in [0.25, 0.3) is 0 Å². The molecule has 2 aromatic carbocycles. The Kier molecular flexibility index (Phi) is 7.77. The van der Waals surface area contributed by atoms with Gasteiger partial charge in [-0.3, -0.25) is 4.79 Å². The Morgan fingerprint density at radius 1 is 1.19 bits per heavy atom. The number of likely N-dealkylation sites (N-methyl/N-ethyl adjacent to an activating group) is 1. The van der Waals surface area contributed by atoms with E-state index in [9.17, 15) is 4.79 Å². The highest BCUT2D eigenvalue weighted by atomic mass is 79.9. The van der Waals surface area contributed by atoms with Crippen molar-refractivity contribution >= 4 is 33.2 Å². The standard InChI is InChI=1S/C23H27BrN4O3/c1-4-30-21-13-17(14-25)12-19(24)23(21)31-15-22(29)26-18-5-6-20(16(2)11-18)28-9-7-27(3)8-10-28/h5-6,11-13H,4,7-10,15H2,1-3H3,(H,26,29). The van der Waals surface area contributed by atoms with E-state index in [-0.39, 0.29) is 12.5 Å². The summed E-state index contributed by atoms with van der Waals surface area (Å²) >= 11 is 3.39. The second kappa shape index (κ2) is 10.5. The second-order valence-corrected chi connectivity index (χ2v) is 8.31. The lowest BCUT2D eigenvalue weighted by Gasteiger charge is -2.35. The van der Waals surface area contributed by atoms with Crippen LogP contribution in [0.5, 0.6) is 11.5 Å². The fraction of sp³-hybridized carbons (Fsp3) is 0.391. The van der Waals surface area contributed by atoms with Crippen LogP contribution in [0, 0.1) is 18.3 Å². The molecule has 1 N–H and O–H groups in total. The lowest BCUT2D eigenvalue weighted by molar-refractivity contribution is -0.118. The maximum Gasteiger partial charge on any atom is 0.262 e. The van der Waals surface area contributed by atoms with Gasteiger partial charge >= 0.3 is 0 Å². The van der Waals surface area contributed by atoms with E-state index < -0.39 is 0 Å². The Morgan fingerprint density at radius 3 is 2.58 bits per heavy atom. The van der Waals surface area contributed by atoms with Gasteiger partial charge in [0.2, 0.25) is 0 Å². The Hall–Kier alpha value is -2.76. The van der Waals surface area contributed by atoms with Crippen LogP contribution in [0.3, 0.4) is 0 Å². The molecule has 0 atom stereocenters. The highest BCUT2D eigenvalue weighted by molar-refractivity contribution is 9.10. The Morgan fingerprint density at radius 2 is 1.94 bits per heavy atom. The highest BCUT2D eigenvalue weighted by Gasteiger charge is 2.17. The van der Waals surface area contributed by atoms with Crippen LogP contribution in [0.1, 0.15) is 18.1 Å². The van der Waals surface area contributed by atoms with Crippen molar-refractivity contribution in [3.8, 4) is 17.6 Å². The van der Waals surface area contributed by atoms with Crippen molar-refractivity contribution in [1.29, 1.82) is 5.26 Å². The van der Waals surface area contributed by atoms with E-state index in [0.717, 1.165) is 37.4 Å². The van der Waals surface area contributed by atoms with Crippen molar-refractivity contribution in [2.45, 2.75) is 13.8 Å². The maximum atomic E-state index is 12.5. The third-order valence-electron chi connectivity index (χ3n) is 5.11. The average molecular weight is 487 g/mol. The first-order chi connectivity index (χ1) is 14.9. The Balaban J connectivity index is 1.63. The first-order valence-electron chi connectivity index (χ1n) is 10.2. The van der Waals surface area contributed by atoms with E-state index in [0.29, 0.717) is 28.1 Å².